The SMILES string of the molecule is Cl.NCCCC(=O)Nc1ccc(C(=O)N2CCCC2)cc1. The lowest BCUT2D eigenvalue weighted by molar-refractivity contribution is -0.116. The molecule has 0 atom stereocenters. The van der Waals surface area contributed by atoms with E-state index >= 15 is 0 Å². The summed E-state index contributed by atoms with van der Waals surface area (Å²) in [4.78, 5) is 25.6. The standard InChI is InChI=1S/C15H21N3O2.ClH/c16-9-3-4-14(19)17-13-7-5-12(6-8-13)15(20)18-10-1-2-11-18;/h5-8H,1-4,9-11,16H2,(H,17,19);1H. The molecule has 1 heterocycles. The van der Waals surface area contributed by atoms with Gasteiger partial charge in [-0.15, -0.1) is 12.4 Å². The lowest BCUT2D eigenvalue weighted by atomic mass is 10.2. The predicted octanol–water partition coefficient (Wildman–Crippen LogP) is 2.02. The summed E-state index contributed by atoms with van der Waals surface area (Å²) in [6.45, 7) is 2.20. The van der Waals surface area contributed by atoms with Gasteiger partial charge in [0.25, 0.3) is 5.91 Å². The van der Waals surface area contributed by atoms with E-state index in [9.17, 15) is 9.59 Å². The highest BCUT2D eigenvalue weighted by Crippen LogP contribution is 2.15. The van der Waals surface area contributed by atoms with Crippen molar-refractivity contribution in [2.75, 3.05) is 25.0 Å². The van der Waals surface area contributed by atoms with Crippen molar-refractivity contribution in [3.05, 3.63) is 29.8 Å². The second-order valence-electron chi connectivity index (χ2n) is 5.02. The number of amides is 2. The predicted molar refractivity (Wildman–Crippen MR) is 85.7 cm³/mol. The van der Waals surface area contributed by atoms with Crippen molar-refractivity contribution in [2.24, 2.45) is 5.73 Å². The number of hydrogen-bond acceptors (Lipinski definition) is 3. The summed E-state index contributed by atoms with van der Waals surface area (Å²) in [6.07, 6.45) is 3.27. The van der Waals surface area contributed by atoms with E-state index in [1.165, 1.54) is 0 Å². The van der Waals surface area contributed by atoms with Crippen LogP contribution in [0.5, 0.6) is 0 Å². The number of carbonyl (C=O) groups is 2. The highest BCUT2D eigenvalue weighted by molar-refractivity contribution is 5.96. The first kappa shape index (κ1) is 17.5. The monoisotopic (exact) mass is 311 g/mol. The molecule has 0 saturated carbocycles. The van der Waals surface area contributed by atoms with Gasteiger partial charge in [-0.3, -0.25) is 9.59 Å². The zero-order valence-corrected chi connectivity index (χ0v) is 12.8. The van der Waals surface area contributed by atoms with E-state index in [0.29, 0.717) is 30.6 Å². The van der Waals surface area contributed by atoms with Crippen LogP contribution >= 0.6 is 12.4 Å². The van der Waals surface area contributed by atoms with Gasteiger partial charge < -0.3 is 16.0 Å². The quantitative estimate of drug-likeness (QED) is 0.873. The Morgan fingerprint density at radius 2 is 1.76 bits per heavy atom. The van der Waals surface area contributed by atoms with Crippen molar-refractivity contribution >= 4 is 29.9 Å². The average Bonchev–Trinajstić information content (AvgIpc) is 2.99. The highest BCUT2D eigenvalue weighted by Gasteiger charge is 2.19. The number of anilines is 1. The summed E-state index contributed by atoms with van der Waals surface area (Å²) >= 11 is 0. The van der Waals surface area contributed by atoms with Crippen molar-refractivity contribution in [1.82, 2.24) is 4.90 Å². The van der Waals surface area contributed by atoms with E-state index in [1.807, 2.05) is 4.90 Å². The number of carbonyl (C=O) groups excluding carboxylic acids is 2. The number of nitrogens with two attached hydrogens (primary N) is 1. The maximum Gasteiger partial charge on any atom is 0.253 e. The topological polar surface area (TPSA) is 75.4 Å². The summed E-state index contributed by atoms with van der Waals surface area (Å²) < 4.78 is 0. The fourth-order valence-corrected chi connectivity index (χ4v) is 2.29. The van der Waals surface area contributed by atoms with Gasteiger partial charge in [0, 0.05) is 30.8 Å². The largest absolute Gasteiger partial charge is 0.339 e. The molecule has 2 rings (SSSR count). The third-order valence-corrected chi connectivity index (χ3v) is 3.42. The van der Waals surface area contributed by atoms with E-state index in [4.69, 9.17) is 5.73 Å². The molecule has 1 fully saturated rings. The molecule has 116 valence electrons. The van der Waals surface area contributed by atoms with Gasteiger partial charge in [0.2, 0.25) is 5.91 Å². The van der Waals surface area contributed by atoms with Crippen LogP contribution in [-0.4, -0.2) is 36.3 Å². The Kier molecular flexibility index (Phi) is 7.19. The number of nitrogens with zero attached hydrogens (tertiary/aromatic N) is 1. The van der Waals surface area contributed by atoms with Gasteiger partial charge in [0.1, 0.15) is 0 Å². The van der Waals surface area contributed by atoms with Gasteiger partial charge in [-0.05, 0) is 50.1 Å². The first-order valence-corrected chi connectivity index (χ1v) is 7.10. The van der Waals surface area contributed by atoms with Crippen LogP contribution in [0.1, 0.15) is 36.0 Å². The smallest absolute Gasteiger partial charge is 0.253 e. The highest BCUT2D eigenvalue weighted by atomic mass is 35.5. The Morgan fingerprint density at radius 1 is 1.14 bits per heavy atom. The zero-order valence-electron chi connectivity index (χ0n) is 12.0. The molecule has 6 heteroatoms. The fourth-order valence-electron chi connectivity index (χ4n) is 2.29. The maximum absolute atomic E-state index is 12.1. The van der Waals surface area contributed by atoms with Crippen molar-refractivity contribution < 1.29 is 9.59 Å². The Labute approximate surface area is 131 Å². The van der Waals surface area contributed by atoms with Crippen LogP contribution in [-0.2, 0) is 4.79 Å². The first-order chi connectivity index (χ1) is 9.70. The third kappa shape index (κ3) is 5.02. The molecule has 3 N–H and O–H groups in total. The molecule has 0 bridgehead atoms. The van der Waals surface area contributed by atoms with E-state index in [2.05, 4.69) is 5.32 Å². The van der Waals surface area contributed by atoms with Gasteiger partial charge in [0.15, 0.2) is 0 Å². The van der Waals surface area contributed by atoms with Crippen molar-refractivity contribution in [2.45, 2.75) is 25.7 Å². The normalized spacial score (nSPS) is 13.7. The van der Waals surface area contributed by atoms with Crippen LogP contribution in [0.4, 0.5) is 5.69 Å². The molecular weight excluding hydrogens is 290 g/mol. The second-order valence-corrected chi connectivity index (χ2v) is 5.02. The fraction of sp³-hybridized carbons (Fsp3) is 0.467. The van der Waals surface area contributed by atoms with E-state index < -0.39 is 0 Å². The molecule has 21 heavy (non-hydrogen) atoms. The lowest BCUT2D eigenvalue weighted by Gasteiger charge is -2.15. The molecule has 2 amide bonds. The minimum absolute atomic E-state index is 0. The Bertz CT molecular complexity index is 470. The molecule has 1 aromatic rings. The van der Waals surface area contributed by atoms with Crippen LogP contribution < -0.4 is 11.1 Å². The average molecular weight is 312 g/mol. The van der Waals surface area contributed by atoms with Crippen molar-refractivity contribution in [3.63, 3.8) is 0 Å². The Hall–Kier alpha value is -1.59. The molecule has 0 aromatic heterocycles. The van der Waals surface area contributed by atoms with Gasteiger partial charge >= 0.3 is 0 Å². The molecule has 1 saturated heterocycles. The summed E-state index contributed by atoms with van der Waals surface area (Å²) in [7, 11) is 0. The van der Waals surface area contributed by atoms with Gasteiger partial charge in [-0.2, -0.15) is 0 Å². The molecular formula is C15H22ClN3O2. The minimum atomic E-state index is -0.0472. The number of benzene rings is 1. The van der Waals surface area contributed by atoms with Crippen LogP contribution in [0, 0.1) is 0 Å². The van der Waals surface area contributed by atoms with E-state index in [-0.39, 0.29) is 24.2 Å². The molecule has 0 spiro atoms. The number of rotatable bonds is 5. The third-order valence-electron chi connectivity index (χ3n) is 3.42. The number of halogens is 1. The summed E-state index contributed by atoms with van der Waals surface area (Å²) in [5, 5.41) is 2.79. The Balaban J connectivity index is 0.00000220. The lowest BCUT2D eigenvalue weighted by Crippen LogP contribution is -2.27. The van der Waals surface area contributed by atoms with Gasteiger partial charge in [-0.25, -0.2) is 0 Å². The number of likely N-dealkylation sites (tertiary alicyclic amines) is 1. The number of nitrogens with one attached hydrogen (secondary N) is 1. The van der Waals surface area contributed by atoms with Crippen LogP contribution in [0.25, 0.3) is 0 Å². The van der Waals surface area contributed by atoms with Crippen LogP contribution in [0.15, 0.2) is 24.3 Å². The molecule has 1 aliphatic rings. The summed E-state index contributed by atoms with van der Waals surface area (Å²) in [5.74, 6) is 0.0255. The second kappa shape index (κ2) is 8.64. The molecule has 1 aromatic carbocycles. The molecule has 0 radical (unpaired) electrons. The van der Waals surface area contributed by atoms with Gasteiger partial charge in [0.05, 0.1) is 0 Å². The van der Waals surface area contributed by atoms with Crippen LogP contribution in [0.3, 0.4) is 0 Å². The number of hydrogen-bond donors (Lipinski definition) is 2. The molecule has 1 aliphatic heterocycles. The summed E-state index contributed by atoms with van der Waals surface area (Å²) in [5.41, 5.74) is 6.75. The van der Waals surface area contributed by atoms with E-state index in [0.717, 1.165) is 25.9 Å². The zero-order chi connectivity index (χ0) is 14.4. The molecule has 0 unspecified atom stereocenters. The van der Waals surface area contributed by atoms with Gasteiger partial charge in [-0.1, -0.05) is 0 Å². The van der Waals surface area contributed by atoms with E-state index in [1.54, 1.807) is 24.3 Å². The maximum atomic E-state index is 12.1. The first-order valence-electron chi connectivity index (χ1n) is 7.10. The van der Waals surface area contributed by atoms with Crippen molar-refractivity contribution in [1.29, 1.82) is 0 Å². The Morgan fingerprint density at radius 3 is 2.33 bits per heavy atom. The van der Waals surface area contributed by atoms with Crippen molar-refractivity contribution in [3.8, 4) is 0 Å². The molecule has 0 aliphatic carbocycles. The summed E-state index contributed by atoms with van der Waals surface area (Å²) in [6, 6.07) is 7.06. The van der Waals surface area contributed by atoms with Crippen LogP contribution in [0.2, 0.25) is 0 Å². The molecule has 5 nitrogen and oxygen atoms in total. The minimum Gasteiger partial charge on any atom is -0.339 e.